The molecule has 5 heteroatoms. The lowest BCUT2D eigenvalue weighted by molar-refractivity contribution is 0.0752. The van der Waals surface area contributed by atoms with Crippen LogP contribution in [0, 0.1) is 5.95 Å². The van der Waals surface area contributed by atoms with Crippen molar-refractivity contribution in [2.75, 3.05) is 13.7 Å². The van der Waals surface area contributed by atoms with Crippen LogP contribution in [0.5, 0.6) is 5.75 Å². The summed E-state index contributed by atoms with van der Waals surface area (Å²) in [6, 6.07) is 10.2. The van der Waals surface area contributed by atoms with Gasteiger partial charge in [-0.05, 0) is 36.8 Å². The van der Waals surface area contributed by atoms with E-state index in [-0.39, 0.29) is 5.91 Å². The standard InChI is InChI=1S/C16H17FN2O2/c1-3-19(11-12-4-7-14(21-2)8-5-12)16(20)13-6-9-15(17)18-10-13/h4-10H,3,11H2,1-2H3. The predicted molar refractivity (Wildman–Crippen MR) is 77.6 cm³/mol. The Morgan fingerprint density at radius 3 is 2.48 bits per heavy atom. The molecule has 0 spiro atoms. The Morgan fingerprint density at radius 1 is 1.24 bits per heavy atom. The molecule has 0 unspecified atom stereocenters. The van der Waals surface area contributed by atoms with Gasteiger partial charge in [0.1, 0.15) is 5.75 Å². The second-order valence-corrected chi connectivity index (χ2v) is 4.54. The fraction of sp³-hybridized carbons (Fsp3) is 0.250. The summed E-state index contributed by atoms with van der Waals surface area (Å²) >= 11 is 0. The fourth-order valence-corrected chi connectivity index (χ4v) is 1.96. The molecular formula is C16H17FN2O2. The molecule has 1 aromatic heterocycles. The van der Waals surface area contributed by atoms with Crippen molar-refractivity contribution in [2.45, 2.75) is 13.5 Å². The average molecular weight is 288 g/mol. The molecule has 0 fully saturated rings. The minimum Gasteiger partial charge on any atom is -0.497 e. The van der Waals surface area contributed by atoms with Crippen molar-refractivity contribution in [3.63, 3.8) is 0 Å². The summed E-state index contributed by atoms with van der Waals surface area (Å²) in [4.78, 5) is 17.5. The zero-order valence-corrected chi connectivity index (χ0v) is 12.0. The third kappa shape index (κ3) is 3.78. The number of hydrogen-bond donors (Lipinski definition) is 0. The zero-order valence-electron chi connectivity index (χ0n) is 12.0. The molecule has 0 N–H and O–H groups in total. The summed E-state index contributed by atoms with van der Waals surface area (Å²) in [6.45, 7) is 2.94. The predicted octanol–water partition coefficient (Wildman–Crippen LogP) is 2.89. The molecule has 1 aromatic carbocycles. The summed E-state index contributed by atoms with van der Waals surface area (Å²) in [5, 5.41) is 0. The van der Waals surface area contributed by atoms with Gasteiger partial charge in [0.05, 0.1) is 12.7 Å². The number of aromatic nitrogens is 1. The quantitative estimate of drug-likeness (QED) is 0.794. The number of halogens is 1. The first kappa shape index (κ1) is 15.0. The maximum absolute atomic E-state index is 12.8. The van der Waals surface area contributed by atoms with Gasteiger partial charge in [-0.3, -0.25) is 4.79 Å². The SMILES string of the molecule is CCN(Cc1ccc(OC)cc1)C(=O)c1ccc(F)nc1. The van der Waals surface area contributed by atoms with E-state index < -0.39 is 5.95 Å². The number of ether oxygens (including phenoxy) is 1. The molecular weight excluding hydrogens is 271 g/mol. The van der Waals surface area contributed by atoms with E-state index in [9.17, 15) is 9.18 Å². The van der Waals surface area contributed by atoms with Crippen molar-refractivity contribution in [1.82, 2.24) is 9.88 Å². The highest BCUT2D eigenvalue weighted by Gasteiger charge is 2.15. The van der Waals surface area contributed by atoms with E-state index >= 15 is 0 Å². The van der Waals surface area contributed by atoms with Crippen molar-refractivity contribution < 1.29 is 13.9 Å². The van der Waals surface area contributed by atoms with Crippen molar-refractivity contribution in [3.8, 4) is 5.75 Å². The van der Waals surface area contributed by atoms with E-state index in [1.807, 2.05) is 31.2 Å². The van der Waals surface area contributed by atoms with Gasteiger partial charge in [0, 0.05) is 19.3 Å². The molecule has 0 atom stereocenters. The van der Waals surface area contributed by atoms with Gasteiger partial charge in [0.15, 0.2) is 0 Å². The number of benzene rings is 1. The number of carbonyl (C=O) groups is 1. The number of pyridine rings is 1. The summed E-state index contributed by atoms with van der Waals surface area (Å²) in [5.41, 5.74) is 1.38. The molecule has 0 aliphatic rings. The number of carbonyl (C=O) groups excluding carboxylic acids is 1. The van der Waals surface area contributed by atoms with E-state index in [2.05, 4.69) is 4.98 Å². The van der Waals surface area contributed by atoms with Gasteiger partial charge in [-0.1, -0.05) is 12.1 Å². The van der Waals surface area contributed by atoms with E-state index in [4.69, 9.17) is 4.74 Å². The molecule has 21 heavy (non-hydrogen) atoms. The maximum atomic E-state index is 12.8. The third-order valence-corrected chi connectivity index (χ3v) is 3.18. The van der Waals surface area contributed by atoms with Gasteiger partial charge in [0.25, 0.3) is 5.91 Å². The van der Waals surface area contributed by atoms with Gasteiger partial charge in [-0.2, -0.15) is 4.39 Å². The fourth-order valence-electron chi connectivity index (χ4n) is 1.96. The Morgan fingerprint density at radius 2 is 1.95 bits per heavy atom. The molecule has 0 aliphatic carbocycles. The Hall–Kier alpha value is -2.43. The van der Waals surface area contributed by atoms with E-state index in [1.54, 1.807) is 12.0 Å². The maximum Gasteiger partial charge on any atom is 0.255 e. The van der Waals surface area contributed by atoms with Crippen LogP contribution in [0.4, 0.5) is 4.39 Å². The molecule has 1 amide bonds. The van der Waals surface area contributed by atoms with Crippen LogP contribution in [-0.4, -0.2) is 29.4 Å². The Balaban J connectivity index is 2.11. The minimum absolute atomic E-state index is 0.166. The van der Waals surface area contributed by atoms with Crippen LogP contribution in [0.3, 0.4) is 0 Å². The van der Waals surface area contributed by atoms with Gasteiger partial charge in [-0.25, -0.2) is 4.98 Å². The van der Waals surface area contributed by atoms with Gasteiger partial charge >= 0.3 is 0 Å². The summed E-state index contributed by atoms with van der Waals surface area (Å²) < 4.78 is 17.9. The Bertz CT molecular complexity index is 597. The number of rotatable bonds is 5. The average Bonchev–Trinajstić information content (AvgIpc) is 2.53. The highest BCUT2D eigenvalue weighted by molar-refractivity contribution is 5.93. The highest BCUT2D eigenvalue weighted by atomic mass is 19.1. The van der Waals surface area contributed by atoms with Crippen LogP contribution in [0.1, 0.15) is 22.8 Å². The normalized spacial score (nSPS) is 10.2. The first-order valence-corrected chi connectivity index (χ1v) is 6.67. The Kier molecular flexibility index (Phi) is 4.87. The number of methoxy groups -OCH3 is 1. The smallest absolute Gasteiger partial charge is 0.255 e. The molecule has 2 aromatic rings. The van der Waals surface area contributed by atoms with Gasteiger partial charge in [-0.15, -0.1) is 0 Å². The lowest BCUT2D eigenvalue weighted by atomic mass is 10.2. The van der Waals surface area contributed by atoms with E-state index in [1.165, 1.54) is 18.3 Å². The summed E-state index contributed by atoms with van der Waals surface area (Å²) in [5.74, 6) is 0.0152. The van der Waals surface area contributed by atoms with E-state index in [0.717, 1.165) is 11.3 Å². The van der Waals surface area contributed by atoms with Crippen molar-refractivity contribution >= 4 is 5.91 Å². The molecule has 1 heterocycles. The van der Waals surface area contributed by atoms with Crippen LogP contribution in [0.2, 0.25) is 0 Å². The zero-order chi connectivity index (χ0) is 15.2. The molecule has 110 valence electrons. The number of nitrogens with zero attached hydrogens (tertiary/aromatic N) is 2. The molecule has 0 radical (unpaired) electrons. The van der Waals surface area contributed by atoms with Crippen molar-refractivity contribution in [1.29, 1.82) is 0 Å². The molecule has 0 saturated heterocycles. The highest BCUT2D eigenvalue weighted by Crippen LogP contribution is 2.14. The van der Waals surface area contributed by atoms with Crippen LogP contribution in [0.15, 0.2) is 42.6 Å². The van der Waals surface area contributed by atoms with Crippen LogP contribution in [-0.2, 0) is 6.54 Å². The monoisotopic (exact) mass is 288 g/mol. The lowest BCUT2D eigenvalue weighted by Crippen LogP contribution is -2.30. The Labute approximate surface area is 123 Å². The molecule has 4 nitrogen and oxygen atoms in total. The molecule has 0 bridgehead atoms. The second-order valence-electron chi connectivity index (χ2n) is 4.54. The van der Waals surface area contributed by atoms with Crippen molar-refractivity contribution in [2.24, 2.45) is 0 Å². The second kappa shape index (κ2) is 6.83. The first-order chi connectivity index (χ1) is 10.1. The largest absolute Gasteiger partial charge is 0.497 e. The van der Waals surface area contributed by atoms with Crippen LogP contribution in [0.25, 0.3) is 0 Å². The van der Waals surface area contributed by atoms with Gasteiger partial charge < -0.3 is 9.64 Å². The lowest BCUT2D eigenvalue weighted by Gasteiger charge is -2.21. The number of amides is 1. The molecule has 0 aliphatic heterocycles. The van der Waals surface area contributed by atoms with Crippen LogP contribution >= 0.6 is 0 Å². The third-order valence-electron chi connectivity index (χ3n) is 3.18. The first-order valence-electron chi connectivity index (χ1n) is 6.67. The summed E-state index contributed by atoms with van der Waals surface area (Å²) in [6.07, 6.45) is 1.26. The van der Waals surface area contributed by atoms with Crippen molar-refractivity contribution in [3.05, 3.63) is 59.7 Å². The molecule has 0 saturated carbocycles. The van der Waals surface area contributed by atoms with Crippen LogP contribution < -0.4 is 4.74 Å². The summed E-state index contributed by atoms with van der Waals surface area (Å²) in [7, 11) is 1.61. The number of hydrogen-bond acceptors (Lipinski definition) is 3. The molecule has 2 rings (SSSR count). The minimum atomic E-state index is -0.593. The van der Waals surface area contributed by atoms with E-state index in [0.29, 0.717) is 18.7 Å². The topological polar surface area (TPSA) is 42.4 Å². The van der Waals surface area contributed by atoms with Gasteiger partial charge in [0.2, 0.25) is 5.95 Å².